The van der Waals surface area contributed by atoms with Crippen molar-refractivity contribution in [1.82, 2.24) is 29.9 Å². The third-order valence-corrected chi connectivity index (χ3v) is 5.34. The molecule has 3 rings (SSSR count). The molecule has 20 heteroatoms. The van der Waals surface area contributed by atoms with Gasteiger partial charge in [0, 0.05) is 50.3 Å². The summed E-state index contributed by atoms with van der Waals surface area (Å²) in [6.45, 7) is -0.0861. The normalized spacial score (nSPS) is 11.4. The van der Waals surface area contributed by atoms with Crippen LogP contribution in [0, 0.1) is 0 Å². The molecule has 0 bridgehead atoms. The number of rotatable bonds is 15. The minimum absolute atomic E-state index is 0.0861. The van der Waals surface area contributed by atoms with E-state index in [1.165, 1.54) is 6.21 Å². The first-order chi connectivity index (χ1) is 18.3. The molecule has 0 spiro atoms. The van der Waals surface area contributed by atoms with Gasteiger partial charge in [-0.1, -0.05) is 5.04 Å². The molecule has 0 aliphatic rings. The van der Waals surface area contributed by atoms with Crippen molar-refractivity contribution in [1.29, 1.82) is 0 Å². The van der Waals surface area contributed by atoms with Crippen LogP contribution in [0.3, 0.4) is 0 Å². The summed E-state index contributed by atoms with van der Waals surface area (Å²) in [4.78, 5) is 29.3. The van der Waals surface area contributed by atoms with Gasteiger partial charge in [-0.05, 0) is 24.3 Å². The van der Waals surface area contributed by atoms with Crippen LogP contribution >= 0.6 is 12.0 Å². The average molecular weight is 569 g/mol. The first-order valence-corrected chi connectivity index (χ1v) is 13.1. The molecule has 7 N–H and O–H groups in total. The van der Waals surface area contributed by atoms with Gasteiger partial charge in [0.15, 0.2) is 0 Å². The molecule has 18 nitrogen and oxygen atoms in total. The van der Waals surface area contributed by atoms with Gasteiger partial charge in [-0.15, -0.1) is 4.33 Å². The molecule has 3 aromatic rings. The van der Waals surface area contributed by atoms with E-state index in [1.54, 1.807) is 38.4 Å². The number of hydrogen-bond donors (Lipinski definition) is 7. The van der Waals surface area contributed by atoms with Gasteiger partial charge in [-0.2, -0.15) is 38.3 Å². The second kappa shape index (κ2) is 14.1. The lowest BCUT2D eigenvalue weighted by Gasteiger charge is -2.11. The Morgan fingerprint density at radius 1 is 0.895 bits per heavy atom. The largest absolute Gasteiger partial charge is 0.357 e. The van der Waals surface area contributed by atoms with Gasteiger partial charge in [0.1, 0.15) is 0 Å². The standard InChI is InChI=1S/C18H24N12O6S2/c1-19-13-25-15(21-7-9-37-36-35-31)29-17(27-13)23-11-3-5-12(6-4-11)24-18-28-14(20-2)26-16(30-18)22-8-10-38(32,33)34/h3-7,31H,8-10H2,1-2H3,(H,32,33,34)(H2,19,23,25,27,29)(H3,20,22,24,26,28,30). The maximum atomic E-state index is 10.9. The van der Waals surface area contributed by atoms with E-state index >= 15 is 0 Å². The van der Waals surface area contributed by atoms with E-state index in [-0.39, 0.29) is 42.0 Å². The molecule has 0 saturated heterocycles. The van der Waals surface area contributed by atoms with Crippen LogP contribution in [0.2, 0.25) is 0 Å². The molecule has 2 heterocycles. The molecule has 0 fully saturated rings. The molecule has 0 aliphatic heterocycles. The number of nitrogens with zero attached hydrogens (tertiary/aromatic N) is 7. The predicted octanol–water partition coefficient (Wildman–Crippen LogP) is 1.70. The lowest BCUT2D eigenvalue weighted by molar-refractivity contribution is -0.432. The quantitative estimate of drug-likeness (QED) is 0.0344. The maximum Gasteiger partial charge on any atom is 0.266 e. The van der Waals surface area contributed by atoms with Gasteiger partial charge in [0.2, 0.25) is 29.7 Å². The van der Waals surface area contributed by atoms with E-state index in [0.717, 1.165) is 12.0 Å². The van der Waals surface area contributed by atoms with Gasteiger partial charge >= 0.3 is 0 Å². The van der Waals surface area contributed by atoms with E-state index < -0.39 is 15.9 Å². The summed E-state index contributed by atoms with van der Waals surface area (Å²) >= 11 is 0.818. The zero-order valence-corrected chi connectivity index (χ0v) is 21.6. The van der Waals surface area contributed by atoms with Crippen LogP contribution < -0.4 is 26.6 Å². The molecule has 0 atom stereocenters. The smallest absolute Gasteiger partial charge is 0.266 e. The molecule has 0 saturated carbocycles. The third kappa shape index (κ3) is 9.84. The SMILES string of the molecule is CNc1nc(N=CCSOOO)nc(Nc2ccc(Nc3nc(NC)nc(NCCS(=O)(=O)O)n3)cc2)n1. The van der Waals surface area contributed by atoms with Crippen molar-refractivity contribution < 1.29 is 27.6 Å². The Hall–Kier alpha value is -3.95. The summed E-state index contributed by atoms with van der Waals surface area (Å²) in [6.07, 6.45) is 1.47. The fourth-order valence-corrected chi connectivity index (χ4v) is 3.19. The molecule has 2 aromatic heterocycles. The Kier molecular flexibility index (Phi) is 10.6. The van der Waals surface area contributed by atoms with Crippen LogP contribution in [0.25, 0.3) is 0 Å². The van der Waals surface area contributed by atoms with Crippen LogP contribution in [0.5, 0.6) is 0 Å². The number of aromatic nitrogens is 6. The van der Waals surface area contributed by atoms with Crippen molar-refractivity contribution in [3.8, 4) is 0 Å². The topological polar surface area (TPSA) is 243 Å². The van der Waals surface area contributed by atoms with Gasteiger partial charge in [-0.25, -0.2) is 10.2 Å². The van der Waals surface area contributed by atoms with Crippen molar-refractivity contribution in [3.05, 3.63) is 24.3 Å². The van der Waals surface area contributed by atoms with E-state index in [0.29, 0.717) is 17.3 Å². The van der Waals surface area contributed by atoms with Gasteiger partial charge < -0.3 is 26.6 Å². The van der Waals surface area contributed by atoms with E-state index in [1.807, 2.05) is 0 Å². The highest BCUT2D eigenvalue weighted by Crippen LogP contribution is 2.21. The van der Waals surface area contributed by atoms with Crippen LogP contribution in [0.1, 0.15) is 0 Å². The fraction of sp³-hybridized carbons (Fsp3) is 0.278. The minimum Gasteiger partial charge on any atom is -0.357 e. The molecule has 38 heavy (non-hydrogen) atoms. The maximum absolute atomic E-state index is 10.9. The Morgan fingerprint density at radius 2 is 1.42 bits per heavy atom. The third-order valence-electron chi connectivity index (χ3n) is 4.17. The summed E-state index contributed by atoms with van der Waals surface area (Å²) in [6, 6.07) is 7.05. The highest BCUT2D eigenvalue weighted by molar-refractivity contribution is 7.95. The molecule has 1 aromatic carbocycles. The van der Waals surface area contributed by atoms with Crippen molar-refractivity contribution in [2.24, 2.45) is 4.99 Å². The molecule has 0 aliphatic carbocycles. The lowest BCUT2D eigenvalue weighted by Crippen LogP contribution is -2.17. The zero-order chi connectivity index (χ0) is 27.4. The minimum atomic E-state index is -4.12. The first-order valence-electron chi connectivity index (χ1n) is 10.6. The summed E-state index contributed by atoms with van der Waals surface area (Å²) in [5.74, 6) is 1.04. The van der Waals surface area contributed by atoms with E-state index in [9.17, 15) is 8.42 Å². The molecule has 0 radical (unpaired) electrons. The van der Waals surface area contributed by atoms with Gasteiger partial charge in [-0.3, -0.25) is 4.55 Å². The first kappa shape index (κ1) is 28.6. The van der Waals surface area contributed by atoms with Crippen LogP contribution in [-0.2, 0) is 19.5 Å². The van der Waals surface area contributed by atoms with Crippen molar-refractivity contribution in [3.63, 3.8) is 0 Å². The Morgan fingerprint density at radius 3 is 2.00 bits per heavy atom. The highest BCUT2D eigenvalue weighted by Gasteiger charge is 2.09. The molecule has 204 valence electrons. The lowest BCUT2D eigenvalue weighted by atomic mass is 10.3. The predicted molar refractivity (Wildman–Crippen MR) is 142 cm³/mol. The molecule has 0 amide bonds. The Balaban J connectivity index is 1.67. The number of anilines is 7. The highest BCUT2D eigenvalue weighted by atomic mass is 32.2. The Labute approximate surface area is 221 Å². The fourth-order valence-electron chi connectivity index (χ4n) is 2.60. The summed E-state index contributed by atoms with van der Waals surface area (Å²) in [5.41, 5.74) is 1.32. The van der Waals surface area contributed by atoms with Gasteiger partial charge in [0.25, 0.3) is 16.1 Å². The van der Waals surface area contributed by atoms with Crippen molar-refractivity contribution in [2.45, 2.75) is 0 Å². The van der Waals surface area contributed by atoms with E-state index in [2.05, 4.69) is 70.9 Å². The average Bonchev–Trinajstić information content (AvgIpc) is 2.88. The zero-order valence-electron chi connectivity index (χ0n) is 20.0. The van der Waals surface area contributed by atoms with Crippen LogP contribution in [-0.4, -0.2) is 86.5 Å². The van der Waals surface area contributed by atoms with Crippen molar-refractivity contribution in [2.75, 3.05) is 58.7 Å². The number of hydrogen-bond acceptors (Lipinski definition) is 18. The van der Waals surface area contributed by atoms with E-state index in [4.69, 9.17) is 9.81 Å². The summed E-state index contributed by atoms with van der Waals surface area (Å²) in [5, 5.41) is 26.1. The summed E-state index contributed by atoms with van der Waals surface area (Å²) in [7, 11) is -0.838. The van der Waals surface area contributed by atoms with Crippen LogP contribution in [0.15, 0.2) is 29.3 Å². The van der Waals surface area contributed by atoms with Crippen molar-refractivity contribution >= 4 is 75.4 Å². The summed E-state index contributed by atoms with van der Waals surface area (Å²) < 4.78 is 35.0. The van der Waals surface area contributed by atoms with Gasteiger partial charge in [0.05, 0.1) is 11.5 Å². The monoisotopic (exact) mass is 568 g/mol. The second-order valence-corrected chi connectivity index (χ2v) is 9.14. The molecule has 0 unspecified atom stereocenters. The van der Waals surface area contributed by atoms with Crippen LogP contribution in [0.4, 0.5) is 47.1 Å². The molecular formula is C18H24N12O6S2. The number of nitrogens with one attached hydrogen (secondary N) is 5. The molecular weight excluding hydrogens is 544 g/mol. The number of benzene rings is 1. The second-order valence-electron chi connectivity index (χ2n) is 6.87. The Bertz CT molecular complexity index is 1330. The number of aliphatic imine (C=N–C) groups is 1.